The van der Waals surface area contributed by atoms with Crippen LogP contribution in [0.3, 0.4) is 0 Å². The number of imidazole rings is 1. The molecule has 28 heavy (non-hydrogen) atoms. The van der Waals surface area contributed by atoms with E-state index >= 15 is 0 Å². The molecular formula is C22H24N4O2. The van der Waals surface area contributed by atoms with Crippen molar-refractivity contribution in [1.29, 1.82) is 0 Å². The number of benzene rings is 2. The first-order valence-corrected chi connectivity index (χ1v) is 9.72. The number of fused-ring (bicyclic) bond motifs is 1. The molecule has 0 aliphatic carbocycles. The fraction of sp³-hybridized carbons (Fsp3) is 0.318. The van der Waals surface area contributed by atoms with E-state index in [1.54, 1.807) is 0 Å². The summed E-state index contributed by atoms with van der Waals surface area (Å²) in [5, 5.41) is 2.74. The molecule has 2 aromatic carbocycles. The Hall–Kier alpha value is -3.15. The Bertz CT molecular complexity index is 926. The molecule has 1 saturated heterocycles. The topological polar surface area (TPSA) is 78.1 Å². The van der Waals surface area contributed by atoms with Gasteiger partial charge in [-0.3, -0.25) is 9.59 Å². The lowest BCUT2D eigenvalue weighted by Crippen LogP contribution is -2.44. The molecule has 1 aliphatic heterocycles. The molecule has 0 radical (unpaired) electrons. The zero-order valence-electron chi connectivity index (χ0n) is 15.7. The van der Waals surface area contributed by atoms with Crippen molar-refractivity contribution >= 4 is 22.8 Å². The van der Waals surface area contributed by atoms with Crippen LogP contribution >= 0.6 is 0 Å². The molecule has 144 valence electrons. The first-order chi connectivity index (χ1) is 13.7. The Kier molecular flexibility index (Phi) is 5.37. The number of amides is 2. The first-order valence-electron chi connectivity index (χ1n) is 9.72. The van der Waals surface area contributed by atoms with E-state index in [0.29, 0.717) is 25.4 Å². The summed E-state index contributed by atoms with van der Waals surface area (Å²) in [6.07, 6.45) is 2.05. The smallest absolute Gasteiger partial charge is 0.241 e. The third-order valence-corrected chi connectivity index (χ3v) is 5.29. The van der Waals surface area contributed by atoms with Gasteiger partial charge < -0.3 is 15.2 Å². The van der Waals surface area contributed by atoms with Crippen LogP contribution in [-0.2, 0) is 16.0 Å². The first kappa shape index (κ1) is 18.2. The van der Waals surface area contributed by atoms with E-state index in [2.05, 4.69) is 15.3 Å². The van der Waals surface area contributed by atoms with Gasteiger partial charge in [-0.2, -0.15) is 0 Å². The second-order valence-corrected chi connectivity index (χ2v) is 7.23. The molecular weight excluding hydrogens is 352 g/mol. The maximum absolute atomic E-state index is 12.4. The molecule has 1 aliphatic rings. The standard InChI is InChI=1S/C22H24N4O2/c27-20(14-16-6-2-1-3-7-16)23-15-21(28)26-12-10-17(11-13-26)22-24-18-8-4-5-9-19(18)25-22/h1-9,17H,10-15H2,(H,23,27)(H,24,25). The minimum atomic E-state index is -0.128. The number of carbonyl (C=O) groups excluding carboxylic acids is 2. The van der Waals surface area contributed by atoms with Gasteiger partial charge in [-0.1, -0.05) is 42.5 Å². The van der Waals surface area contributed by atoms with E-state index < -0.39 is 0 Å². The lowest BCUT2D eigenvalue weighted by atomic mass is 9.96. The summed E-state index contributed by atoms with van der Waals surface area (Å²) in [5.74, 6) is 1.19. The van der Waals surface area contributed by atoms with Gasteiger partial charge in [0, 0.05) is 19.0 Å². The summed E-state index contributed by atoms with van der Waals surface area (Å²) in [6, 6.07) is 17.6. The van der Waals surface area contributed by atoms with Gasteiger partial charge in [0.05, 0.1) is 24.0 Å². The highest BCUT2D eigenvalue weighted by molar-refractivity contribution is 5.85. The third-order valence-electron chi connectivity index (χ3n) is 5.29. The average Bonchev–Trinajstić information content (AvgIpc) is 3.17. The molecule has 1 fully saturated rings. The van der Waals surface area contributed by atoms with E-state index in [1.165, 1.54) is 0 Å². The van der Waals surface area contributed by atoms with Gasteiger partial charge in [-0.25, -0.2) is 4.98 Å². The minimum absolute atomic E-state index is 0.0236. The van der Waals surface area contributed by atoms with Gasteiger partial charge in [0.15, 0.2) is 0 Å². The van der Waals surface area contributed by atoms with Gasteiger partial charge in [-0.15, -0.1) is 0 Å². The number of rotatable bonds is 5. The summed E-state index contributed by atoms with van der Waals surface area (Å²) < 4.78 is 0. The fourth-order valence-electron chi connectivity index (χ4n) is 3.70. The lowest BCUT2D eigenvalue weighted by Gasteiger charge is -2.31. The summed E-state index contributed by atoms with van der Waals surface area (Å²) in [5.41, 5.74) is 2.98. The highest BCUT2D eigenvalue weighted by Gasteiger charge is 2.25. The summed E-state index contributed by atoms with van der Waals surface area (Å²) >= 11 is 0. The highest BCUT2D eigenvalue weighted by atomic mass is 16.2. The van der Waals surface area contributed by atoms with Crippen LogP contribution in [0, 0.1) is 0 Å². The number of nitrogens with zero attached hydrogens (tertiary/aromatic N) is 2. The van der Waals surface area contributed by atoms with Crippen LogP contribution in [0.5, 0.6) is 0 Å². The molecule has 6 heteroatoms. The second kappa shape index (κ2) is 8.25. The Morgan fingerprint density at radius 2 is 1.75 bits per heavy atom. The number of aromatic amines is 1. The van der Waals surface area contributed by atoms with Crippen LogP contribution < -0.4 is 5.32 Å². The SMILES string of the molecule is O=C(Cc1ccccc1)NCC(=O)N1CCC(c2nc3ccccc3[nH]2)CC1. The number of likely N-dealkylation sites (tertiary alicyclic amines) is 1. The van der Waals surface area contributed by atoms with Crippen molar-refractivity contribution in [2.45, 2.75) is 25.2 Å². The van der Waals surface area contributed by atoms with Crippen molar-refractivity contribution in [3.05, 3.63) is 66.0 Å². The Balaban J connectivity index is 1.25. The molecule has 1 aromatic heterocycles. The van der Waals surface area contributed by atoms with Gasteiger partial charge in [0.2, 0.25) is 11.8 Å². The van der Waals surface area contributed by atoms with Gasteiger partial charge >= 0.3 is 0 Å². The number of para-hydroxylation sites is 2. The number of H-pyrrole nitrogens is 1. The molecule has 0 atom stereocenters. The van der Waals surface area contributed by atoms with E-state index in [9.17, 15) is 9.59 Å². The number of hydrogen-bond donors (Lipinski definition) is 2. The van der Waals surface area contributed by atoms with Crippen LogP contribution in [0.1, 0.15) is 30.1 Å². The Morgan fingerprint density at radius 3 is 2.50 bits per heavy atom. The number of aromatic nitrogens is 2. The molecule has 0 saturated carbocycles. The van der Waals surface area contributed by atoms with Crippen LogP contribution in [-0.4, -0.2) is 46.3 Å². The van der Waals surface area contributed by atoms with E-state index in [1.807, 2.05) is 59.5 Å². The molecule has 4 rings (SSSR count). The number of piperidine rings is 1. The zero-order chi connectivity index (χ0) is 19.3. The predicted molar refractivity (Wildman–Crippen MR) is 108 cm³/mol. The highest BCUT2D eigenvalue weighted by Crippen LogP contribution is 2.27. The van der Waals surface area contributed by atoms with Crippen molar-refractivity contribution in [1.82, 2.24) is 20.2 Å². The normalized spacial score (nSPS) is 14.9. The maximum atomic E-state index is 12.4. The molecule has 0 unspecified atom stereocenters. The molecule has 2 amide bonds. The van der Waals surface area contributed by atoms with E-state index in [-0.39, 0.29) is 18.4 Å². The van der Waals surface area contributed by atoms with Crippen molar-refractivity contribution < 1.29 is 9.59 Å². The van der Waals surface area contributed by atoms with E-state index in [4.69, 9.17) is 0 Å². The largest absolute Gasteiger partial charge is 0.347 e. The van der Waals surface area contributed by atoms with Gasteiger partial charge in [-0.05, 0) is 30.5 Å². The molecule has 2 heterocycles. The van der Waals surface area contributed by atoms with Crippen LogP contribution in [0.2, 0.25) is 0 Å². The van der Waals surface area contributed by atoms with Gasteiger partial charge in [0.25, 0.3) is 0 Å². The maximum Gasteiger partial charge on any atom is 0.241 e. The quantitative estimate of drug-likeness (QED) is 0.719. The summed E-state index contributed by atoms with van der Waals surface area (Å²) in [7, 11) is 0. The third kappa shape index (κ3) is 4.22. The monoisotopic (exact) mass is 376 g/mol. The van der Waals surface area contributed by atoms with Crippen molar-refractivity contribution in [2.24, 2.45) is 0 Å². The predicted octanol–water partition coefficient (Wildman–Crippen LogP) is 2.63. The van der Waals surface area contributed by atoms with Crippen molar-refractivity contribution in [2.75, 3.05) is 19.6 Å². The van der Waals surface area contributed by atoms with Crippen molar-refractivity contribution in [3.63, 3.8) is 0 Å². The van der Waals surface area contributed by atoms with Crippen LogP contribution in [0.25, 0.3) is 11.0 Å². The van der Waals surface area contributed by atoms with Crippen LogP contribution in [0.4, 0.5) is 0 Å². The Labute approximate surface area is 164 Å². The van der Waals surface area contributed by atoms with Crippen LogP contribution in [0.15, 0.2) is 54.6 Å². The molecule has 3 aromatic rings. The lowest BCUT2D eigenvalue weighted by molar-refractivity contribution is -0.133. The number of carbonyl (C=O) groups is 2. The number of hydrogen-bond acceptors (Lipinski definition) is 3. The average molecular weight is 376 g/mol. The van der Waals surface area contributed by atoms with Crippen molar-refractivity contribution in [3.8, 4) is 0 Å². The summed E-state index contributed by atoms with van der Waals surface area (Å²) in [4.78, 5) is 34.4. The second-order valence-electron chi connectivity index (χ2n) is 7.23. The molecule has 0 spiro atoms. The molecule has 6 nitrogen and oxygen atoms in total. The Morgan fingerprint density at radius 1 is 1.04 bits per heavy atom. The van der Waals surface area contributed by atoms with Gasteiger partial charge in [0.1, 0.15) is 5.82 Å². The van der Waals surface area contributed by atoms with E-state index in [0.717, 1.165) is 35.3 Å². The zero-order valence-corrected chi connectivity index (χ0v) is 15.7. The number of nitrogens with one attached hydrogen (secondary N) is 2. The molecule has 2 N–H and O–H groups in total. The summed E-state index contributed by atoms with van der Waals surface area (Å²) in [6.45, 7) is 1.44. The molecule has 0 bridgehead atoms. The minimum Gasteiger partial charge on any atom is -0.347 e. The fourth-order valence-corrected chi connectivity index (χ4v) is 3.70.